The number of benzene rings is 1. The van der Waals surface area contributed by atoms with E-state index in [1.165, 1.54) is 48.4 Å². The summed E-state index contributed by atoms with van der Waals surface area (Å²) in [7, 11) is -3.92. The Morgan fingerprint density at radius 1 is 1.05 bits per heavy atom. The quantitative estimate of drug-likeness (QED) is 0.220. The summed E-state index contributed by atoms with van der Waals surface area (Å²) in [5.41, 5.74) is -2.07. The Morgan fingerprint density at radius 2 is 1.73 bits per heavy atom. The number of ether oxygens (including phenoxy) is 2. The van der Waals surface area contributed by atoms with Crippen LogP contribution in [0.4, 0.5) is 9.18 Å². The molecule has 56 heavy (non-hydrogen) atoms. The van der Waals surface area contributed by atoms with E-state index in [1.807, 2.05) is 20.8 Å². The number of rotatable bonds is 11. The molecule has 5 atom stereocenters. The van der Waals surface area contributed by atoms with Gasteiger partial charge in [-0.25, -0.2) is 17.6 Å². The van der Waals surface area contributed by atoms with Gasteiger partial charge in [0.2, 0.25) is 21.8 Å². The smallest absolute Gasteiger partial charge is 0.408 e. The third-order valence-corrected chi connectivity index (χ3v) is 14.7. The molecule has 6 saturated carbocycles. The highest BCUT2D eigenvalue weighted by Gasteiger charge is 2.62. The fourth-order valence-corrected chi connectivity index (χ4v) is 11.5. The van der Waals surface area contributed by atoms with Gasteiger partial charge in [0.05, 0.1) is 24.1 Å². The zero-order valence-corrected chi connectivity index (χ0v) is 33.0. The highest BCUT2D eigenvalue weighted by molar-refractivity contribution is 7.91. The molecule has 1 aromatic rings. The lowest BCUT2D eigenvalue weighted by Crippen LogP contribution is -2.61. The second-order valence-corrected chi connectivity index (χ2v) is 20.3. The first kappa shape index (κ1) is 38.7. The number of sulfonamides is 1. The maximum atomic E-state index is 14.7. The first-order chi connectivity index (χ1) is 26.5. The highest BCUT2D eigenvalue weighted by atomic mass is 32.2. The molecule has 1 aromatic carbocycles. The minimum Gasteiger partial charge on any atom is -0.492 e. The van der Waals surface area contributed by atoms with Crippen LogP contribution in [0, 0.1) is 34.9 Å². The number of amides is 4. The van der Waals surface area contributed by atoms with Crippen LogP contribution in [-0.4, -0.2) is 90.6 Å². The van der Waals surface area contributed by atoms with Gasteiger partial charge >= 0.3 is 6.09 Å². The van der Waals surface area contributed by atoms with Crippen molar-refractivity contribution in [2.24, 2.45) is 34.2 Å². The van der Waals surface area contributed by atoms with Crippen LogP contribution in [-0.2, 0) is 34.0 Å². The van der Waals surface area contributed by atoms with Crippen LogP contribution in [0.3, 0.4) is 0 Å². The third-order valence-electron chi connectivity index (χ3n) is 12.9. The molecule has 1 saturated heterocycles. The van der Waals surface area contributed by atoms with Gasteiger partial charge in [-0.05, 0) is 99.2 Å². The van der Waals surface area contributed by atoms with Crippen molar-refractivity contribution < 1.29 is 46.3 Å². The van der Waals surface area contributed by atoms with Crippen LogP contribution in [0.15, 0.2) is 36.0 Å². The number of nitrogens with one attached hydrogen (secondary N) is 3. The molecule has 4 amide bonds. The summed E-state index contributed by atoms with van der Waals surface area (Å²) in [6, 6.07) is 1.81. The number of halogens is 1. The van der Waals surface area contributed by atoms with E-state index >= 15 is 0 Å². The molecule has 16 heteroatoms. The molecule has 0 aromatic heterocycles. The fraction of sp³-hybridized carbons (Fsp3) is 0.675. The molecule has 8 aliphatic rings. The number of hydrogen-bond acceptors (Lipinski definition) is 10. The molecule has 2 aliphatic heterocycles. The summed E-state index contributed by atoms with van der Waals surface area (Å²) in [4.78, 5) is 63.6. The van der Waals surface area contributed by atoms with E-state index < -0.39 is 85.6 Å². The first-order valence-corrected chi connectivity index (χ1v) is 21.5. The average Bonchev–Trinajstić information content (AvgIpc) is 4.04. The normalized spacial score (nSPS) is 34.1. The predicted molar refractivity (Wildman–Crippen MR) is 201 cm³/mol. The zero-order chi connectivity index (χ0) is 39.8. The predicted octanol–water partition coefficient (Wildman–Crippen LogP) is 4.08. The highest BCUT2D eigenvalue weighted by Crippen LogP contribution is 2.57. The lowest BCUT2D eigenvalue weighted by molar-refractivity contribution is -0.144. The Balaban J connectivity index is 1.03. The molecule has 0 radical (unpaired) electrons. The summed E-state index contributed by atoms with van der Waals surface area (Å²) in [5.74, 6) is -1.04. The summed E-state index contributed by atoms with van der Waals surface area (Å²) in [6.45, 7) is 9.41. The molecule has 9 rings (SSSR count). The lowest BCUT2D eigenvalue weighted by Gasteiger charge is -2.55. The fourth-order valence-electron chi connectivity index (χ4n) is 10.2. The summed E-state index contributed by atoms with van der Waals surface area (Å²) in [5, 5.41) is 9.35. The molecular weight excluding hydrogens is 746 g/mol. The minimum absolute atomic E-state index is 0.0354. The Bertz CT molecular complexity index is 1930. The molecule has 2 heterocycles. The van der Waals surface area contributed by atoms with Crippen molar-refractivity contribution in [2.75, 3.05) is 13.2 Å². The van der Waals surface area contributed by atoms with E-state index in [9.17, 15) is 32.0 Å². The van der Waals surface area contributed by atoms with Gasteiger partial charge in [0, 0.05) is 24.3 Å². The van der Waals surface area contributed by atoms with Crippen molar-refractivity contribution in [2.45, 2.75) is 126 Å². The van der Waals surface area contributed by atoms with Crippen molar-refractivity contribution in [3.63, 3.8) is 0 Å². The lowest BCUT2D eigenvalue weighted by atomic mass is 9.54. The summed E-state index contributed by atoms with van der Waals surface area (Å²) < 4.78 is 53.7. The van der Waals surface area contributed by atoms with E-state index in [2.05, 4.69) is 27.1 Å². The number of carbonyl (C=O) groups is 4. The van der Waals surface area contributed by atoms with Gasteiger partial charge in [0.15, 0.2) is 0 Å². The number of fused-ring (bicyclic) bond motifs is 1. The van der Waals surface area contributed by atoms with Gasteiger partial charge < -0.3 is 29.8 Å². The molecular formula is C40H52FN5O9S. The summed E-state index contributed by atoms with van der Waals surface area (Å²) >= 11 is 0. The van der Waals surface area contributed by atoms with Gasteiger partial charge in [0.1, 0.15) is 40.9 Å². The maximum Gasteiger partial charge on any atom is 0.408 e. The largest absolute Gasteiger partial charge is 0.492 e. The van der Waals surface area contributed by atoms with Crippen molar-refractivity contribution in [1.29, 1.82) is 0 Å². The molecule has 0 spiro atoms. The molecule has 4 bridgehead atoms. The Morgan fingerprint density at radius 3 is 2.34 bits per heavy atom. The minimum atomic E-state index is -3.92. The van der Waals surface area contributed by atoms with E-state index in [1.54, 1.807) is 0 Å². The topological polar surface area (TPSA) is 182 Å². The van der Waals surface area contributed by atoms with Crippen LogP contribution < -0.4 is 20.1 Å². The first-order valence-electron chi connectivity index (χ1n) is 19.9. The number of alkyl carbamates (subject to hydrolysis) is 1. The van der Waals surface area contributed by atoms with Gasteiger partial charge in [-0.3, -0.25) is 19.1 Å². The zero-order valence-electron chi connectivity index (χ0n) is 32.2. The van der Waals surface area contributed by atoms with Crippen molar-refractivity contribution in [3.05, 3.63) is 42.2 Å². The second kappa shape index (κ2) is 14.0. The van der Waals surface area contributed by atoms with E-state index in [0.717, 1.165) is 19.3 Å². The van der Waals surface area contributed by atoms with Crippen LogP contribution in [0.25, 0.3) is 0 Å². The number of carbonyl (C=O) groups excluding carboxylic acids is 4. The molecule has 7 fully saturated rings. The van der Waals surface area contributed by atoms with E-state index in [0.29, 0.717) is 60.6 Å². The molecule has 304 valence electrons. The maximum absolute atomic E-state index is 14.7. The Labute approximate surface area is 326 Å². The second-order valence-electron chi connectivity index (χ2n) is 18.4. The van der Waals surface area contributed by atoms with Gasteiger partial charge in [0.25, 0.3) is 5.91 Å². The van der Waals surface area contributed by atoms with E-state index in [-0.39, 0.29) is 19.4 Å². The average molecular weight is 798 g/mol. The number of likely N-dealkylation sites (tertiary alicyclic amines) is 1. The Kier molecular flexibility index (Phi) is 9.67. The van der Waals surface area contributed by atoms with Crippen LogP contribution >= 0.6 is 0 Å². The van der Waals surface area contributed by atoms with Gasteiger partial charge in [-0.2, -0.15) is 0 Å². The molecule has 0 unspecified atom stereocenters. The monoisotopic (exact) mass is 797 g/mol. The number of oxime groups is 1. The standard InChI is InChI=1S/C40H52FN5O9S/c1-5-25-20-40(25,36(49)45-56(51,52)28-7-8-28)43-34(47)31-16-27(55-44-30-10-11-53-32-9-6-26(41)15-29(30)32)21-46(31)35(48)33(38(2,3)4)42-37(50)54-39-17-22-12-23(18-39)14-24(13-22)19-39/h5-6,9,15,22-25,27-28,31,33H,1,7-8,10-14,16-21H2,2-4H3,(H,42,50)(H,43,47)(H,45,49)/b44-30+/t22?,23?,24?,25-,27-,31+,33-,39?,40+/m1/s1. The van der Waals surface area contributed by atoms with Crippen LogP contribution in [0.5, 0.6) is 5.75 Å². The van der Waals surface area contributed by atoms with Crippen molar-refractivity contribution >= 4 is 39.5 Å². The molecule has 14 nitrogen and oxygen atoms in total. The van der Waals surface area contributed by atoms with Crippen LogP contribution in [0.2, 0.25) is 0 Å². The van der Waals surface area contributed by atoms with Crippen molar-refractivity contribution in [3.8, 4) is 5.75 Å². The van der Waals surface area contributed by atoms with Gasteiger partial charge in [-0.15, -0.1) is 6.58 Å². The molecule has 3 N–H and O–H groups in total. The number of hydrogen-bond donors (Lipinski definition) is 3. The van der Waals surface area contributed by atoms with E-state index in [4.69, 9.17) is 14.3 Å². The molecule has 6 aliphatic carbocycles. The van der Waals surface area contributed by atoms with Gasteiger partial charge in [-0.1, -0.05) is 32.0 Å². The SMILES string of the molecule is C=C[C@@H]1C[C@@]1(NC(=O)[C@@H]1C[C@@H](O/N=C2\CCOc3ccc(F)cc32)CN1C(=O)[C@@H](NC(=O)OC12CC3CC(CC(C3)C1)C2)C(C)(C)C)C(=O)NS(=O)(=O)C1CC1. The van der Waals surface area contributed by atoms with Crippen LogP contribution in [0.1, 0.15) is 97.0 Å². The van der Waals surface area contributed by atoms with Crippen molar-refractivity contribution in [1.82, 2.24) is 20.3 Å². The number of nitrogens with zero attached hydrogens (tertiary/aromatic N) is 2. The Hall–Kier alpha value is -4.21. The summed E-state index contributed by atoms with van der Waals surface area (Å²) in [6.07, 6.45) is 7.31. The third kappa shape index (κ3) is 7.49.